The molecule has 3 rings (SSSR count). The summed E-state index contributed by atoms with van der Waals surface area (Å²) in [6, 6.07) is 10.9. The Kier molecular flexibility index (Phi) is 5.86. The van der Waals surface area contributed by atoms with Gasteiger partial charge in [0.15, 0.2) is 0 Å². The van der Waals surface area contributed by atoms with Crippen molar-refractivity contribution < 1.29 is 22.0 Å². The summed E-state index contributed by atoms with van der Waals surface area (Å²) in [6.07, 6.45) is 0.820. The van der Waals surface area contributed by atoms with E-state index in [1.54, 1.807) is 0 Å². The van der Waals surface area contributed by atoms with Crippen LogP contribution in [-0.4, -0.2) is 37.5 Å². The molecule has 0 spiro atoms. The number of hydrogen-bond donors (Lipinski definition) is 1. The molecular weight excluding hydrogens is 374 g/mol. The van der Waals surface area contributed by atoms with Gasteiger partial charge in [-0.05, 0) is 36.1 Å². The van der Waals surface area contributed by atoms with E-state index in [0.29, 0.717) is 19.5 Å². The van der Waals surface area contributed by atoms with Crippen LogP contribution in [0.15, 0.2) is 42.5 Å². The highest BCUT2D eigenvalue weighted by atomic mass is 32.2. The lowest BCUT2D eigenvalue weighted by Gasteiger charge is -2.28. The van der Waals surface area contributed by atoms with E-state index in [1.807, 2.05) is 24.3 Å². The minimum Gasteiger partial charge on any atom is -0.352 e. The Morgan fingerprint density at radius 1 is 1.04 bits per heavy atom. The summed E-state index contributed by atoms with van der Waals surface area (Å²) in [4.78, 5) is 11.9. The van der Waals surface area contributed by atoms with Crippen molar-refractivity contribution >= 4 is 15.9 Å². The Morgan fingerprint density at radius 3 is 2.41 bits per heavy atom. The van der Waals surface area contributed by atoms with E-state index in [9.17, 15) is 22.0 Å². The maximum absolute atomic E-state index is 13.6. The van der Waals surface area contributed by atoms with E-state index >= 15 is 0 Å². The molecule has 0 aromatic heterocycles. The zero-order chi connectivity index (χ0) is 19.4. The van der Waals surface area contributed by atoms with Crippen molar-refractivity contribution in [2.75, 3.05) is 18.8 Å². The molecule has 8 heteroatoms. The van der Waals surface area contributed by atoms with Crippen LogP contribution < -0.4 is 5.32 Å². The fourth-order valence-corrected chi connectivity index (χ4v) is 4.57. The van der Waals surface area contributed by atoms with Crippen LogP contribution in [0, 0.1) is 11.6 Å². The highest BCUT2D eigenvalue weighted by Gasteiger charge is 2.26. The number of hydrogen-bond acceptors (Lipinski definition) is 3. The lowest BCUT2D eigenvalue weighted by molar-refractivity contribution is 0.0945. The van der Waals surface area contributed by atoms with Crippen molar-refractivity contribution in [1.82, 2.24) is 9.62 Å². The third-order valence-electron chi connectivity index (χ3n) is 4.54. The molecule has 0 fully saturated rings. The Balaban J connectivity index is 1.52. The minimum absolute atomic E-state index is 0.0102. The second kappa shape index (κ2) is 8.14. The average Bonchev–Trinajstić information content (AvgIpc) is 2.65. The molecule has 1 aliphatic rings. The Morgan fingerprint density at radius 2 is 1.70 bits per heavy atom. The molecule has 0 atom stereocenters. The van der Waals surface area contributed by atoms with E-state index < -0.39 is 33.1 Å². The molecule has 27 heavy (non-hydrogen) atoms. The lowest BCUT2D eigenvalue weighted by atomic mass is 10.0. The minimum atomic E-state index is -3.47. The van der Waals surface area contributed by atoms with Gasteiger partial charge in [0.05, 0.1) is 5.75 Å². The van der Waals surface area contributed by atoms with Gasteiger partial charge in [-0.1, -0.05) is 30.3 Å². The topological polar surface area (TPSA) is 66.5 Å². The molecular formula is C19H20F2N2O3S. The van der Waals surface area contributed by atoms with Crippen LogP contribution in [0.1, 0.15) is 27.9 Å². The first kappa shape index (κ1) is 19.4. The number of amides is 1. The van der Waals surface area contributed by atoms with E-state index in [-0.39, 0.29) is 18.7 Å². The first-order valence-corrected chi connectivity index (χ1v) is 10.3. The van der Waals surface area contributed by atoms with Crippen molar-refractivity contribution in [3.8, 4) is 0 Å². The highest BCUT2D eigenvalue weighted by molar-refractivity contribution is 7.89. The summed E-state index contributed by atoms with van der Waals surface area (Å²) in [5, 5.41) is 2.37. The number of halogens is 2. The van der Waals surface area contributed by atoms with E-state index in [1.165, 1.54) is 10.4 Å². The number of carbonyl (C=O) groups excluding carboxylic acids is 1. The Bertz CT molecular complexity index is 927. The molecule has 2 aromatic carbocycles. The van der Waals surface area contributed by atoms with Crippen LogP contribution in [0.2, 0.25) is 0 Å². The van der Waals surface area contributed by atoms with Crippen molar-refractivity contribution in [2.24, 2.45) is 0 Å². The fourth-order valence-electron chi connectivity index (χ4n) is 3.10. The number of nitrogens with one attached hydrogen (secondary N) is 1. The number of carbonyl (C=O) groups is 1. The molecule has 1 aliphatic heterocycles. The smallest absolute Gasteiger partial charge is 0.257 e. The molecule has 0 saturated heterocycles. The SMILES string of the molecule is O=C(NCCCS(=O)(=O)N1CCc2ccccc2C1)c1c(F)cccc1F. The molecule has 0 saturated carbocycles. The summed E-state index contributed by atoms with van der Waals surface area (Å²) in [5.41, 5.74) is 1.49. The Hall–Kier alpha value is -2.32. The summed E-state index contributed by atoms with van der Waals surface area (Å²) >= 11 is 0. The maximum atomic E-state index is 13.6. The zero-order valence-corrected chi connectivity index (χ0v) is 15.4. The highest BCUT2D eigenvalue weighted by Crippen LogP contribution is 2.21. The van der Waals surface area contributed by atoms with Crippen LogP contribution in [0.25, 0.3) is 0 Å². The molecule has 1 amide bonds. The number of nitrogens with zero attached hydrogens (tertiary/aromatic N) is 1. The quantitative estimate of drug-likeness (QED) is 0.766. The summed E-state index contributed by atoms with van der Waals surface area (Å²) < 4.78 is 53.6. The predicted molar refractivity (Wildman–Crippen MR) is 97.7 cm³/mol. The summed E-state index contributed by atoms with van der Waals surface area (Å²) in [5.74, 6) is -2.94. The first-order valence-electron chi connectivity index (χ1n) is 8.65. The van der Waals surface area contributed by atoms with Gasteiger partial charge in [-0.2, -0.15) is 4.31 Å². The number of benzene rings is 2. The standard InChI is InChI=1S/C19H20F2N2O3S/c20-16-7-3-8-17(21)18(16)19(24)22-10-4-12-27(25,26)23-11-9-14-5-1-2-6-15(14)13-23/h1-3,5-8H,4,9-13H2,(H,22,24). The molecule has 1 heterocycles. The molecule has 144 valence electrons. The normalized spacial score (nSPS) is 14.6. The van der Waals surface area contributed by atoms with Gasteiger partial charge in [0.1, 0.15) is 17.2 Å². The van der Waals surface area contributed by atoms with E-state index in [4.69, 9.17) is 0 Å². The van der Waals surface area contributed by atoms with Crippen molar-refractivity contribution in [3.05, 3.63) is 70.8 Å². The van der Waals surface area contributed by atoms with Crippen LogP contribution in [0.4, 0.5) is 8.78 Å². The largest absolute Gasteiger partial charge is 0.352 e. The summed E-state index contributed by atoms with van der Waals surface area (Å²) in [7, 11) is -3.47. The third-order valence-corrected chi connectivity index (χ3v) is 6.45. The van der Waals surface area contributed by atoms with Crippen molar-refractivity contribution in [3.63, 3.8) is 0 Å². The van der Waals surface area contributed by atoms with Crippen molar-refractivity contribution in [1.29, 1.82) is 0 Å². The van der Waals surface area contributed by atoms with Crippen molar-refractivity contribution in [2.45, 2.75) is 19.4 Å². The second-order valence-corrected chi connectivity index (χ2v) is 8.46. The van der Waals surface area contributed by atoms with Gasteiger partial charge in [-0.25, -0.2) is 17.2 Å². The third kappa shape index (κ3) is 4.51. The van der Waals surface area contributed by atoms with Gasteiger partial charge in [-0.15, -0.1) is 0 Å². The van der Waals surface area contributed by atoms with E-state index in [2.05, 4.69) is 5.32 Å². The second-order valence-electron chi connectivity index (χ2n) is 6.37. The number of sulfonamides is 1. The van der Waals surface area contributed by atoms with Gasteiger partial charge in [-0.3, -0.25) is 4.79 Å². The number of fused-ring (bicyclic) bond motifs is 1. The number of rotatable bonds is 6. The first-order chi connectivity index (χ1) is 12.9. The predicted octanol–water partition coefficient (Wildman–Crippen LogP) is 2.47. The molecule has 1 N–H and O–H groups in total. The van der Waals surface area contributed by atoms with Crippen LogP contribution in [-0.2, 0) is 23.0 Å². The molecule has 0 radical (unpaired) electrons. The molecule has 5 nitrogen and oxygen atoms in total. The molecule has 0 bridgehead atoms. The van der Waals surface area contributed by atoms with Gasteiger partial charge in [0.25, 0.3) is 5.91 Å². The van der Waals surface area contributed by atoms with Gasteiger partial charge >= 0.3 is 0 Å². The van der Waals surface area contributed by atoms with E-state index in [0.717, 1.165) is 23.3 Å². The van der Waals surface area contributed by atoms with Gasteiger partial charge in [0, 0.05) is 19.6 Å². The monoisotopic (exact) mass is 394 g/mol. The molecule has 0 unspecified atom stereocenters. The van der Waals surface area contributed by atoms with Crippen LogP contribution >= 0.6 is 0 Å². The molecule has 0 aliphatic carbocycles. The van der Waals surface area contributed by atoms with Gasteiger partial charge < -0.3 is 5.32 Å². The fraction of sp³-hybridized carbons (Fsp3) is 0.316. The van der Waals surface area contributed by atoms with Crippen LogP contribution in [0.3, 0.4) is 0 Å². The summed E-state index contributed by atoms with van der Waals surface area (Å²) in [6.45, 7) is 0.772. The maximum Gasteiger partial charge on any atom is 0.257 e. The average molecular weight is 394 g/mol. The van der Waals surface area contributed by atoms with Crippen LogP contribution in [0.5, 0.6) is 0 Å². The molecule has 2 aromatic rings. The lowest BCUT2D eigenvalue weighted by Crippen LogP contribution is -2.38. The Labute approximate surface area is 157 Å². The van der Waals surface area contributed by atoms with Gasteiger partial charge in [0.2, 0.25) is 10.0 Å². The zero-order valence-electron chi connectivity index (χ0n) is 14.6.